The number of ether oxygens (including phenoxy) is 1. The third-order valence-corrected chi connectivity index (χ3v) is 7.28. The first-order valence-electron chi connectivity index (χ1n) is 11.3. The van der Waals surface area contributed by atoms with E-state index in [2.05, 4.69) is 61.4 Å². The van der Waals surface area contributed by atoms with Crippen molar-refractivity contribution in [1.82, 2.24) is 29.6 Å². The average molecular weight is 464 g/mol. The molecular weight excluding hydrogens is 434 g/mol. The first kappa shape index (κ1) is 21.8. The summed E-state index contributed by atoms with van der Waals surface area (Å²) in [5.41, 5.74) is 3.96. The van der Waals surface area contributed by atoms with E-state index in [4.69, 9.17) is 9.72 Å². The third kappa shape index (κ3) is 4.56. The third-order valence-electron chi connectivity index (χ3n) is 6.39. The summed E-state index contributed by atoms with van der Waals surface area (Å²) < 4.78 is 7.56. The van der Waals surface area contributed by atoms with Gasteiger partial charge in [0.05, 0.1) is 25.0 Å². The highest BCUT2D eigenvalue weighted by molar-refractivity contribution is 7.12. The molecule has 1 saturated heterocycles. The summed E-state index contributed by atoms with van der Waals surface area (Å²) in [6.45, 7) is 5.13. The number of piperidine rings is 1. The minimum absolute atomic E-state index is 0.299. The normalized spacial score (nSPS) is 16.2. The topological polar surface area (TPSA) is 81.0 Å². The van der Waals surface area contributed by atoms with E-state index in [-0.39, 0.29) is 0 Å². The van der Waals surface area contributed by atoms with Gasteiger partial charge in [-0.05, 0) is 50.5 Å². The van der Waals surface area contributed by atoms with Crippen molar-refractivity contribution >= 4 is 28.2 Å². The molecule has 0 amide bonds. The van der Waals surface area contributed by atoms with E-state index in [0.29, 0.717) is 12.0 Å². The molecule has 172 valence electrons. The van der Waals surface area contributed by atoms with Crippen LogP contribution in [0, 0.1) is 0 Å². The minimum atomic E-state index is 0.299. The maximum Gasteiger partial charge on any atom is 0.176 e. The van der Waals surface area contributed by atoms with E-state index in [9.17, 15) is 0 Å². The van der Waals surface area contributed by atoms with Crippen LogP contribution in [0.2, 0.25) is 0 Å². The van der Waals surface area contributed by atoms with Crippen LogP contribution in [0.25, 0.3) is 22.3 Å². The molecule has 1 unspecified atom stereocenters. The lowest BCUT2D eigenvalue weighted by Gasteiger charge is -2.29. The fraction of sp³-hybridized carbons (Fsp3) is 0.417. The van der Waals surface area contributed by atoms with Gasteiger partial charge in [-0.15, -0.1) is 11.3 Å². The van der Waals surface area contributed by atoms with Crippen LogP contribution in [0.4, 0.5) is 5.82 Å². The van der Waals surface area contributed by atoms with Gasteiger partial charge in [0.1, 0.15) is 12.1 Å². The van der Waals surface area contributed by atoms with E-state index in [1.165, 1.54) is 5.56 Å². The van der Waals surface area contributed by atoms with Crippen molar-refractivity contribution < 1.29 is 4.74 Å². The van der Waals surface area contributed by atoms with Crippen molar-refractivity contribution in [2.75, 3.05) is 39.1 Å². The monoisotopic (exact) mass is 463 g/mol. The lowest BCUT2D eigenvalue weighted by Crippen LogP contribution is -2.31. The van der Waals surface area contributed by atoms with Crippen molar-refractivity contribution in [3.8, 4) is 16.3 Å². The van der Waals surface area contributed by atoms with E-state index >= 15 is 0 Å². The van der Waals surface area contributed by atoms with Crippen molar-refractivity contribution in [2.24, 2.45) is 0 Å². The Labute approximate surface area is 197 Å². The van der Waals surface area contributed by atoms with Gasteiger partial charge < -0.3 is 15.0 Å². The van der Waals surface area contributed by atoms with Crippen molar-refractivity contribution in [1.29, 1.82) is 0 Å². The Bertz CT molecular complexity index is 1230. The summed E-state index contributed by atoms with van der Waals surface area (Å²) in [5, 5.41) is 12.2. The van der Waals surface area contributed by atoms with Crippen LogP contribution in [0.5, 0.6) is 5.06 Å². The van der Waals surface area contributed by atoms with Crippen molar-refractivity contribution in [2.45, 2.75) is 31.7 Å². The molecule has 0 bridgehead atoms. The number of methoxy groups -OCH3 is 1. The highest BCUT2D eigenvalue weighted by Crippen LogP contribution is 2.32. The summed E-state index contributed by atoms with van der Waals surface area (Å²) in [6.07, 6.45) is 7.61. The standard InChI is InChI=1S/C24H29N7OS/c1-16(20-6-9-33-24(20)32-3)12-25-22-11-21(27-15-28-22)17-10-18-14-29-31(23(18)26-13-17)19-4-7-30(2)8-5-19/h6,9-11,13-16,19H,4-5,7-8,12H2,1-3H3,(H,25,27,28). The van der Waals surface area contributed by atoms with Gasteiger partial charge in [0, 0.05) is 41.2 Å². The number of fused-ring (bicyclic) bond motifs is 1. The molecule has 1 aliphatic heterocycles. The van der Waals surface area contributed by atoms with E-state index < -0.39 is 0 Å². The van der Waals surface area contributed by atoms with Crippen molar-refractivity contribution in [3.05, 3.63) is 47.9 Å². The largest absolute Gasteiger partial charge is 0.487 e. The Kier molecular flexibility index (Phi) is 6.24. The van der Waals surface area contributed by atoms with E-state index in [0.717, 1.165) is 65.6 Å². The number of likely N-dealkylation sites (tertiary alicyclic amines) is 1. The highest BCUT2D eigenvalue weighted by Gasteiger charge is 2.21. The van der Waals surface area contributed by atoms with Gasteiger partial charge in [0.25, 0.3) is 0 Å². The molecule has 0 aliphatic carbocycles. The Morgan fingerprint density at radius 1 is 1.18 bits per heavy atom. The van der Waals surface area contributed by atoms with Crippen LogP contribution in [-0.4, -0.2) is 63.4 Å². The molecule has 1 N–H and O–H groups in total. The smallest absolute Gasteiger partial charge is 0.176 e. The first-order valence-corrected chi connectivity index (χ1v) is 12.2. The SMILES string of the molecule is COc1sccc1C(C)CNc1cc(-c2cnc3c(cnn3C3CCN(C)CC3)c2)ncn1. The zero-order chi connectivity index (χ0) is 22.8. The molecule has 4 aromatic heterocycles. The Morgan fingerprint density at radius 3 is 2.85 bits per heavy atom. The van der Waals surface area contributed by atoms with Crippen LogP contribution in [-0.2, 0) is 0 Å². The predicted molar refractivity (Wildman–Crippen MR) is 132 cm³/mol. The van der Waals surface area contributed by atoms with Gasteiger partial charge in [0.2, 0.25) is 0 Å². The van der Waals surface area contributed by atoms with Crippen LogP contribution in [0.3, 0.4) is 0 Å². The van der Waals surface area contributed by atoms with Crippen LogP contribution in [0.1, 0.15) is 37.3 Å². The number of hydrogen-bond acceptors (Lipinski definition) is 8. The van der Waals surface area contributed by atoms with Gasteiger partial charge in [-0.3, -0.25) is 0 Å². The fourth-order valence-corrected chi connectivity index (χ4v) is 5.24. The summed E-state index contributed by atoms with van der Waals surface area (Å²) in [5.74, 6) is 1.09. The zero-order valence-corrected chi connectivity index (χ0v) is 20.0. The predicted octanol–water partition coefficient (Wildman–Crippen LogP) is 4.44. The quantitative estimate of drug-likeness (QED) is 0.434. The maximum atomic E-state index is 5.46. The highest BCUT2D eigenvalue weighted by atomic mass is 32.1. The Hall–Kier alpha value is -3.04. The number of rotatable bonds is 7. The molecule has 1 atom stereocenters. The zero-order valence-electron chi connectivity index (χ0n) is 19.2. The molecule has 0 saturated carbocycles. The number of pyridine rings is 1. The number of aromatic nitrogens is 5. The van der Waals surface area contributed by atoms with Gasteiger partial charge in [-0.25, -0.2) is 19.6 Å². The van der Waals surface area contributed by atoms with Gasteiger partial charge in [-0.1, -0.05) is 6.92 Å². The number of nitrogens with zero attached hydrogens (tertiary/aromatic N) is 6. The molecule has 5 heterocycles. The van der Waals surface area contributed by atoms with Crippen LogP contribution < -0.4 is 10.1 Å². The second kappa shape index (κ2) is 9.44. The van der Waals surface area contributed by atoms with Crippen LogP contribution >= 0.6 is 11.3 Å². The molecule has 5 rings (SSSR count). The number of thiophene rings is 1. The second-order valence-corrected chi connectivity index (χ2v) is 9.58. The van der Waals surface area contributed by atoms with E-state index in [1.54, 1.807) is 24.8 Å². The molecule has 9 heteroatoms. The lowest BCUT2D eigenvalue weighted by molar-refractivity contribution is 0.215. The molecule has 4 aromatic rings. The molecule has 33 heavy (non-hydrogen) atoms. The van der Waals surface area contributed by atoms with Gasteiger partial charge >= 0.3 is 0 Å². The summed E-state index contributed by atoms with van der Waals surface area (Å²) in [4.78, 5) is 16.0. The summed E-state index contributed by atoms with van der Waals surface area (Å²) >= 11 is 1.62. The number of hydrogen-bond donors (Lipinski definition) is 1. The number of nitrogens with one attached hydrogen (secondary N) is 1. The maximum absolute atomic E-state index is 5.46. The van der Waals surface area contributed by atoms with Gasteiger partial charge in [0.15, 0.2) is 10.7 Å². The second-order valence-electron chi connectivity index (χ2n) is 8.70. The summed E-state index contributed by atoms with van der Waals surface area (Å²) in [7, 11) is 3.89. The van der Waals surface area contributed by atoms with Crippen LogP contribution in [0.15, 0.2) is 42.3 Å². The Balaban J connectivity index is 1.31. The molecule has 0 spiro atoms. The van der Waals surface area contributed by atoms with Gasteiger partial charge in [-0.2, -0.15) is 5.10 Å². The fourth-order valence-electron chi connectivity index (χ4n) is 4.40. The molecule has 8 nitrogen and oxygen atoms in total. The molecule has 1 aliphatic rings. The Morgan fingerprint density at radius 2 is 2.03 bits per heavy atom. The molecule has 1 fully saturated rings. The lowest BCUT2D eigenvalue weighted by atomic mass is 10.0. The molecular formula is C24H29N7OS. The van der Waals surface area contributed by atoms with Crippen molar-refractivity contribution in [3.63, 3.8) is 0 Å². The van der Waals surface area contributed by atoms with E-state index in [1.807, 2.05) is 18.5 Å². The molecule has 0 aromatic carbocycles. The number of anilines is 1. The first-order chi connectivity index (χ1) is 16.1. The average Bonchev–Trinajstić information content (AvgIpc) is 3.50. The summed E-state index contributed by atoms with van der Waals surface area (Å²) in [6, 6.07) is 6.62. The minimum Gasteiger partial charge on any atom is -0.487 e. The molecule has 0 radical (unpaired) electrons.